The number of aromatic amines is 1. The van der Waals surface area contributed by atoms with Crippen molar-refractivity contribution in [2.45, 2.75) is 64.1 Å². The van der Waals surface area contributed by atoms with Crippen LogP contribution in [-0.2, 0) is 27.2 Å². The van der Waals surface area contributed by atoms with E-state index in [9.17, 15) is 19.2 Å². The first-order valence-corrected chi connectivity index (χ1v) is 16.9. The number of ketones is 2. The lowest BCUT2D eigenvalue weighted by molar-refractivity contribution is -0.139. The third kappa shape index (κ3) is 7.02. The summed E-state index contributed by atoms with van der Waals surface area (Å²) in [5.74, 6) is -0.350. The van der Waals surface area contributed by atoms with Gasteiger partial charge in [-0.3, -0.25) is 19.2 Å². The fourth-order valence-corrected chi connectivity index (χ4v) is 7.29. The topological polar surface area (TPSA) is 129 Å². The number of carbonyl (C=O) groups is 4. The Morgan fingerprint density at radius 2 is 1.52 bits per heavy atom. The minimum Gasteiger partial charge on any atom is -0.441 e. The number of rotatable bonds is 11. The van der Waals surface area contributed by atoms with Crippen molar-refractivity contribution in [2.24, 2.45) is 0 Å². The van der Waals surface area contributed by atoms with Gasteiger partial charge in [0.2, 0.25) is 5.91 Å². The van der Waals surface area contributed by atoms with Crippen LogP contribution in [0.1, 0.15) is 66.5 Å². The Balaban J connectivity index is 0.00000432. The number of Topliss-reactive ketones (excluding diaryl/α,β-unsaturated/α-hetero) is 2. The van der Waals surface area contributed by atoms with Crippen LogP contribution in [-0.4, -0.2) is 75.4 Å². The maximum atomic E-state index is 13.6. The van der Waals surface area contributed by atoms with Crippen LogP contribution in [0.3, 0.4) is 0 Å². The SMILES string of the molecule is C.CN[C@@H](C(=O)N1CCC[C@H]1C(=O)Cc1ccc2[nH]c(-c3ccc(CC(=O)[C@@H]4CCCN4C(=O)c4ncco4)cc3)cc2c1)c1ccccc1. The average molecular weight is 674 g/mol. The predicted molar refractivity (Wildman–Crippen MR) is 191 cm³/mol. The summed E-state index contributed by atoms with van der Waals surface area (Å²) < 4.78 is 5.16. The summed E-state index contributed by atoms with van der Waals surface area (Å²) in [6, 6.07) is 24.1. The van der Waals surface area contributed by atoms with Crippen molar-refractivity contribution in [3.63, 3.8) is 0 Å². The maximum absolute atomic E-state index is 13.6. The summed E-state index contributed by atoms with van der Waals surface area (Å²) in [4.78, 5) is 63.8. The van der Waals surface area contributed by atoms with Gasteiger partial charge < -0.3 is 24.5 Å². The Hall–Kier alpha value is -5.35. The van der Waals surface area contributed by atoms with Crippen molar-refractivity contribution in [2.75, 3.05) is 20.1 Å². The quantitative estimate of drug-likeness (QED) is 0.178. The van der Waals surface area contributed by atoms with Gasteiger partial charge in [-0.25, -0.2) is 4.98 Å². The second kappa shape index (κ2) is 15.0. The third-order valence-electron chi connectivity index (χ3n) is 9.78. The highest BCUT2D eigenvalue weighted by atomic mass is 16.4. The van der Waals surface area contributed by atoms with E-state index in [2.05, 4.69) is 21.4 Å². The number of oxazole rings is 1. The van der Waals surface area contributed by atoms with Gasteiger partial charge >= 0.3 is 5.91 Å². The largest absolute Gasteiger partial charge is 0.441 e. The van der Waals surface area contributed by atoms with E-state index in [1.165, 1.54) is 12.5 Å². The van der Waals surface area contributed by atoms with Crippen LogP contribution in [0.25, 0.3) is 22.2 Å². The molecule has 7 rings (SSSR count). The van der Waals surface area contributed by atoms with Crippen LogP contribution >= 0.6 is 0 Å². The third-order valence-corrected chi connectivity index (χ3v) is 9.78. The Morgan fingerprint density at radius 3 is 2.20 bits per heavy atom. The molecule has 0 bridgehead atoms. The predicted octanol–water partition coefficient (Wildman–Crippen LogP) is 5.94. The number of fused-ring (bicyclic) bond motifs is 1. The Morgan fingerprint density at radius 1 is 0.860 bits per heavy atom. The minimum absolute atomic E-state index is 0. The normalized spacial score (nSPS) is 17.9. The number of hydrogen-bond acceptors (Lipinski definition) is 7. The van der Waals surface area contributed by atoms with Crippen molar-refractivity contribution in [3.8, 4) is 11.3 Å². The summed E-state index contributed by atoms with van der Waals surface area (Å²) >= 11 is 0. The molecule has 3 atom stereocenters. The van der Waals surface area contributed by atoms with E-state index < -0.39 is 18.1 Å². The van der Waals surface area contributed by atoms with Crippen molar-refractivity contribution in [1.29, 1.82) is 0 Å². The zero-order valence-electron chi connectivity index (χ0n) is 27.4. The molecule has 2 fully saturated rings. The molecule has 50 heavy (non-hydrogen) atoms. The molecule has 0 radical (unpaired) electrons. The molecule has 2 aromatic heterocycles. The number of hydrogen-bond donors (Lipinski definition) is 2. The summed E-state index contributed by atoms with van der Waals surface area (Å²) in [5, 5.41) is 4.13. The number of aromatic nitrogens is 2. The van der Waals surface area contributed by atoms with Crippen LogP contribution in [0.4, 0.5) is 0 Å². The molecule has 2 aliphatic heterocycles. The summed E-state index contributed by atoms with van der Waals surface area (Å²) in [7, 11) is 1.77. The molecular weight excluding hydrogens is 630 g/mol. The van der Waals surface area contributed by atoms with Crippen molar-refractivity contribution in [1.82, 2.24) is 25.1 Å². The average Bonchev–Trinajstić information content (AvgIpc) is 3.95. The van der Waals surface area contributed by atoms with Gasteiger partial charge in [-0.05, 0) is 73.2 Å². The molecule has 10 nitrogen and oxygen atoms in total. The van der Waals surface area contributed by atoms with Crippen LogP contribution < -0.4 is 5.32 Å². The number of nitrogens with one attached hydrogen (secondary N) is 2. The van der Waals surface area contributed by atoms with Gasteiger partial charge in [-0.15, -0.1) is 0 Å². The molecule has 10 heteroatoms. The van der Waals surface area contributed by atoms with Gasteiger partial charge in [-0.2, -0.15) is 0 Å². The molecule has 2 saturated heterocycles. The number of nitrogens with zero attached hydrogens (tertiary/aromatic N) is 3. The Bertz CT molecular complexity index is 1970. The minimum atomic E-state index is -0.488. The smallest absolute Gasteiger partial charge is 0.310 e. The molecule has 0 spiro atoms. The summed E-state index contributed by atoms with van der Waals surface area (Å²) in [5.41, 5.74) is 5.54. The first-order chi connectivity index (χ1) is 23.9. The van der Waals surface area contributed by atoms with E-state index in [-0.39, 0.29) is 49.5 Å². The van der Waals surface area contributed by atoms with E-state index in [1.54, 1.807) is 16.8 Å². The Kier molecular flexibility index (Phi) is 10.4. The first-order valence-electron chi connectivity index (χ1n) is 16.9. The summed E-state index contributed by atoms with van der Waals surface area (Å²) in [6.45, 7) is 1.09. The lowest BCUT2D eigenvalue weighted by Gasteiger charge is -2.28. The number of likely N-dealkylation sites (tertiary alicyclic amines) is 2. The number of carbonyl (C=O) groups excluding carboxylic acids is 4. The van der Waals surface area contributed by atoms with E-state index in [1.807, 2.05) is 72.8 Å². The molecule has 0 saturated carbocycles. The van der Waals surface area contributed by atoms with Crippen LogP contribution in [0.2, 0.25) is 0 Å². The Labute approximate surface area is 291 Å². The highest BCUT2D eigenvalue weighted by Crippen LogP contribution is 2.29. The number of H-pyrrole nitrogens is 1. The number of benzene rings is 3. The number of likely N-dealkylation sites (N-methyl/N-ethyl adjacent to an activating group) is 1. The molecule has 0 aliphatic carbocycles. The van der Waals surface area contributed by atoms with Crippen molar-refractivity contribution < 1.29 is 23.6 Å². The van der Waals surface area contributed by atoms with E-state index in [0.717, 1.165) is 51.7 Å². The van der Waals surface area contributed by atoms with Gasteiger partial charge in [0.05, 0.1) is 18.3 Å². The molecular formula is C40H43N5O5. The fraction of sp³-hybridized carbons (Fsp3) is 0.325. The second-order valence-electron chi connectivity index (χ2n) is 12.9. The van der Waals surface area contributed by atoms with Gasteiger partial charge in [-0.1, -0.05) is 68.1 Å². The summed E-state index contributed by atoms with van der Waals surface area (Å²) in [6.07, 6.45) is 6.15. The van der Waals surface area contributed by atoms with E-state index in [4.69, 9.17) is 4.42 Å². The molecule has 0 unspecified atom stereocenters. The van der Waals surface area contributed by atoms with Crippen LogP contribution in [0.15, 0.2) is 95.7 Å². The van der Waals surface area contributed by atoms with Gasteiger partial charge in [0.1, 0.15) is 12.3 Å². The molecule has 2 N–H and O–H groups in total. The molecule has 5 aromatic rings. The zero-order chi connectivity index (χ0) is 33.9. The lowest BCUT2D eigenvalue weighted by Crippen LogP contribution is -2.46. The van der Waals surface area contributed by atoms with Crippen LogP contribution in [0, 0.1) is 0 Å². The lowest BCUT2D eigenvalue weighted by atomic mass is 9.99. The standard InChI is InChI=1S/C39H39N5O5.CH4/c1-40-36(28-7-3-2-4-8-28)38(47)43-18-5-9-32(43)35(46)23-26-13-16-30-29(21-26)24-31(42-30)27-14-11-25(12-15-27)22-34(45)33-10-6-19-44(33)39(48)37-41-17-20-49-37;/h2-4,7-8,11-17,20-21,24,32-33,36,40,42H,5-6,9-10,18-19,22-23H2,1H3;1H4/t32-,33-,36+;/m0./s1. The van der Waals surface area contributed by atoms with Crippen LogP contribution in [0.5, 0.6) is 0 Å². The van der Waals surface area contributed by atoms with Gasteiger partial charge in [0.25, 0.3) is 5.89 Å². The number of amides is 2. The second-order valence-corrected chi connectivity index (χ2v) is 12.9. The van der Waals surface area contributed by atoms with Crippen molar-refractivity contribution in [3.05, 3.63) is 114 Å². The highest BCUT2D eigenvalue weighted by Gasteiger charge is 2.37. The van der Waals surface area contributed by atoms with E-state index in [0.29, 0.717) is 25.9 Å². The first kappa shape index (κ1) is 34.5. The molecule has 2 amide bonds. The van der Waals surface area contributed by atoms with Gasteiger partial charge in [0.15, 0.2) is 11.6 Å². The zero-order valence-corrected chi connectivity index (χ0v) is 27.4. The monoisotopic (exact) mass is 673 g/mol. The highest BCUT2D eigenvalue weighted by molar-refractivity contribution is 5.96. The van der Waals surface area contributed by atoms with E-state index >= 15 is 0 Å². The maximum Gasteiger partial charge on any atom is 0.310 e. The van der Waals surface area contributed by atoms with Crippen molar-refractivity contribution >= 4 is 34.3 Å². The molecule has 3 aromatic carbocycles. The van der Waals surface area contributed by atoms with Gasteiger partial charge in [0, 0.05) is 42.5 Å². The molecule has 258 valence electrons. The fourth-order valence-electron chi connectivity index (χ4n) is 7.29. The molecule has 4 heterocycles. The molecule has 2 aliphatic rings.